The number of pyridine rings is 1. The van der Waals surface area contributed by atoms with E-state index in [1.807, 2.05) is 69.3 Å². The summed E-state index contributed by atoms with van der Waals surface area (Å²) in [5.74, 6) is -0.00591. The van der Waals surface area contributed by atoms with Crippen LogP contribution < -0.4 is 5.56 Å². The van der Waals surface area contributed by atoms with Crippen molar-refractivity contribution in [3.8, 4) is 11.8 Å². The highest BCUT2D eigenvalue weighted by Gasteiger charge is 2.31. The third kappa shape index (κ3) is 3.19. The van der Waals surface area contributed by atoms with Crippen LogP contribution in [0.2, 0.25) is 0 Å². The van der Waals surface area contributed by atoms with Crippen molar-refractivity contribution >= 4 is 5.78 Å². The van der Waals surface area contributed by atoms with Crippen molar-refractivity contribution in [3.63, 3.8) is 0 Å². The van der Waals surface area contributed by atoms with Crippen molar-refractivity contribution in [2.75, 3.05) is 0 Å². The standard InChI is InChI=1S/C25H22N2O2/c1-15-9-16(2)24(17(3)10-15)27-22-12-19(18-7-5-4-6-8-18)13-23(28)21(22)11-20(14-26)25(27)29/h4-11,19H,12-13H2,1-3H3/t19-/m1/s1. The largest absolute Gasteiger partial charge is 0.294 e. The number of carbonyl (C=O) groups excluding carboxylic acids is 1. The average molecular weight is 382 g/mol. The van der Waals surface area contributed by atoms with E-state index in [-0.39, 0.29) is 22.8 Å². The minimum absolute atomic E-state index is 0.00892. The lowest BCUT2D eigenvalue weighted by Gasteiger charge is -2.28. The molecule has 4 nitrogen and oxygen atoms in total. The predicted octanol–water partition coefficient (Wildman–Crippen LogP) is 4.55. The van der Waals surface area contributed by atoms with Gasteiger partial charge in [-0.05, 0) is 55.9 Å². The van der Waals surface area contributed by atoms with E-state index >= 15 is 0 Å². The topological polar surface area (TPSA) is 62.9 Å². The van der Waals surface area contributed by atoms with Crippen molar-refractivity contribution < 1.29 is 4.79 Å². The quantitative estimate of drug-likeness (QED) is 0.653. The van der Waals surface area contributed by atoms with Gasteiger partial charge >= 0.3 is 0 Å². The van der Waals surface area contributed by atoms with Gasteiger partial charge in [0, 0.05) is 17.7 Å². The second kappa shape index (κ2) is 7.18. The summed E-state index contributed by atoms with van der Waals surface area (Å²) >= 11 is 0. The first kappa shape index (κ1) is 18.9. The zero-order chi connectivity index (χ0) is 20.7. The zero-order valence-corrected chi connectivity index (χ0v) is 16.8. The van der Waals surface area contributed by atoms with Gasteiger partial charge in [-0.25, -0.2) is 0 Å². The van der Waals surface area contributed by atoms with Crippen molar-refractivity contribution in [2.24, 2.45) is 0 Å². The minimum atomic E-state index is -0.359. The SMILES string of the molecule is Cc1cc(C)c(-n2c3c(cc(C#N)c2=O)C(=O)C[C@H](c2ccccc2)C3)c(C)c1. The molecule has 0 spiro atoms. The molecule has 4 heteroatoms. The molecule has 1 aliphatic rings. The summed E-state index contributed by atoms with van der Waals surface area (Å²) in [6, 6.07) is 17.5. The van der Waals surface area contributed by atoms with Crippen LogP contribution in [0, 0.1) is 32.1 Å². The fourth-order valence-electron chi connectivity index (χ4n) is 4.54. The maximum atomic E-state index is 13.2. The van der Waals surface area contributed by atoms with Crippen molar-refractivity contribution in [3.05, 3.63) is 98.0 Å². The Balaban J connectivity index is 2.01. The molecule has 1 aromatic heterocycles. The first-order valence-corrected chi connectivity index (χ1v) is 9.76. The van der Waals surface area contributed by atoms with Gasteiger partial charge in [-0.3, -0.25) is 14.2 Å². The summed E-state index contributed by atoms with van der Waals surface area (Å²) in [7, 11) is 0. The van der Waals surface area contributed by atoms with Crippen LogP contribution in [0.5, 0.6) is 0 Å². The molecule has 0 radical (unpaired) electrons. The maximum absolute atomic E-state index is 13.2. The number of benzene rings is 2. The van der Waals surface area contributed by atoms with Crippen LogP contribution in [-0.2, 0) is 6.42 Å². The van der Waals surface area contributed by atoms with Crippen LogP contribution in [0.3, 0.4) is 0 Å². The van der Waals surface area contributed by atoms with Gasteiger partial charge in [0.1, 0.15) is 11.6 Å². The molecule has 0 fully saturated rings. The molecule has 0 saturated carbocycles. The molecule has 2 aromatic carbocycles. The lowest BCUT2D eigenvalue weighted by Crippen LogP contribution is -2.32. The first-order valence-electron chi connectivity index (χ1n) is 9.76. The lowest BCUT2D eigenvalue weighted by atomic mass is 9.81. The summed E-state index contributed by atoms with van der Waals surface area (Å²) in [5, 5.41) is 9.52. The molecule has 0 aliphatic heterocycles. The van der Waals surface area contributed by atoms with E-state index in [4.69, 9.17) is 0 Å². The van der Waals surface area contributed by atoms with Gasteiger partial charge in [0.15, 0.2) is 5.78 Å². The zero-order valence-electron chi connectivity index (χ0n) is 16.8. The second-order valence-electron chi connectivity index (χ2n) is 7.86. The number of Topliss-reactive ketones (excluding diaryl/α,β-unsaturated/α-hetero) is 1. The fraction of sp³-hybridized carbons (Fsp3) is 0.240. The Morgan fingerprint density at radius 1 is 0.966 bits per heavy atom. The fourth-order valence-corrected chi connectivity index (χ4v) is 4.54. The van der Waals surface area contributed by atoms with Crippen LogP contribution in [0.15, 0.2) is 53.3 Å². The molecule has 29 heavy (non-hydrogen) atoms. The van der Waals surface area contributed by atoms with Crippen molar-refractivity contribution in [2.45, 2.75) is 39.5 Å². The third-order valence-electron chi connectivity index (χ3n) is 5.73. The summed E-state index contributed by atoms with van der Waals surface area (Å²) in [6.07, 6.45) is 0.963. The van der Waals surface area contributed by atoms with Gasteiger partial charge in [-0.1, -0.05) is 48.0 Å². The molecule has 0 N–H and O–H groups in total. The normalized spacial score (nSPS) is 15.7. The van der Waals surface area contributed by atoms with Crippen molar-refractivity contribution in [1.29, 1.82) is 5.26 Å². The van der Waals surface area contributed by atoms with Crippen LogP contribution in [0.4, 0.5) is 0 Å². The number of aryl methyl sites for hydroxylation is 3. The van der Waals surface area contributed by atoms with Gasteiger partial charge < -0.3 is 0 Å². The molecular formula is C25H22N2O2. The molecule has 3 aromatic rings. The molecule has 144 valence electrons. The van der Waals surface area contributed by atoms with E-state index in [0.29, 0.717) is 24.1 Å². The predicted molar refractivity (Wildman–Crippen MR) is 113 cm³/mol. The molecular weight excluding hydrogens is 360 g/mol. The first-order chi connectivity index (χ1) is 13.9. The second-order valence-corrected chi connectivity index (χ2v) is 7.86. The number of fused-ring (bicyclic) bond motifs is 1. The van der Waals surface area contributed by atoms with E-state index in [1.54, 1.807) is 4.57 Å². The highest BCUT2D eigenvalue weighted by atomic mass is 16.1. The number of rotatable bonds is 2. The number of aromatic nitrogens is 1. The third-order valence-corrected chi connectivity index (χ3v) is 5.73. The summed E-state index contributed by atoms with van der Waals surface area (Å²) in [4.78, 5) is 26.3. The molecule has 0 amide bonds. The van der Waals surface area contributed by atoms with Crippen LogP contribution >= 0.6 is 0 Å². The average Bonchev–Trinajstić information content (AvgIpc) is 2.69. The Morgan fingerprint density at radius 3 is 2.24 bits per heavy atom. The van der Waals surface area contributed by atoms with Gasteiger partial charge in [0.05, 0.1) is 5.69 Å². The number of nitriles is 1. The maximum Gasteiger partial charge on any atom is 0.273 e. The monoisotopic (exact) mass is 382 g/mol. The molecule has 0 bridgehead atoms. The Kier molecular flexibility index (Phi) is 4.68. The molecule has 4 rings (SSSR count). The van der Waals surface area contributed by atoms with Crippen LogP contribution in [0.25, 0.3) is 5.69 Å². The van der Waals surface area contributed by atoms with Crippen LogP contribution in [0.1, 0.15) is 56.2 Å². The van der Waals surface area contributed by atoms with Gasteiger partial charge in [-0.15, -0.1) is 0 Å². The summed E-state index contributed by atoms with van der Waals surface area (Å²) < 4.78 is 1.62. The molecule has 0 saturated heterocycles. The van der Waals surface area contributed by atoms with Gasteiger partial charge in [0.2, 0.25) is 0 Å². The highest BCUT2D eigenvalue weighted by Crippen LogP contribution is 2.34. The molecule has 1 atom stereocenters. The molecule has 1 aliphatic carbocycles. The van der Waals surface area contributed by atoms with E-state index in [9.17, 15) is 14.9 Å². The Labute approximate surface area is 170 Å². The Hall–Kier alpha value is -3.45. The molecule has 1 heterocycles. The smallest absolute Gasteiger partial charge is 0.273 e. The number of hydrogen-bond acceptors (Lipinski definition) is 3. The molecule has 0 unspecified atom stereocenters. The number of carbonyl (C=O) groups is 1. The summed E-state index contributed by atoms with van der Waals surface area (Å²) in [5.41, 5.74) is 5.73. The minimum Gasteiger partial charge on any atom is -0.294 e. The Morgan fingerprint density at radius 2 is 1.62 bits per heavy atom. The van der Waals surface area contributed by atoms with E-state index in [0.717, 1.165) is 27.9 Å². The highest BCUT2D eigenvalue weighted by molar-refractivity contribution is 5.99. The number of hydrogen-bond donors (Lipinski definition) is 0. The number of nitrogens with zero attached hydrogens (tertiary/aromatic N) is 2. The Bertz CT molecular complexity index is 1210. The van der Waals surface area contributed by atoms with E-state index in [1.165, 1.54) is 6.07 Å². The van der Waals surface area contributed by atoms with Crippen LogP contribution in [-0.4, -0.2) is 10.4 Å². The van der Waals surface area contributed by atoms with E-state index in [2.05, 4.69) is 0 Å². The lowest BCUT2D eigenvalue weighted by molar-refractivity contribution is 0.0962. The summed E-state index contributed by atoms with van der Waals surface area (Å²) in [6.45, 7) is 5.95. The number of ketones is 1. The van der Waals surface area contributed by atoms with Crippen molar-refractivity contribution in [1.82, 2.24) is 4.57 Å². The van der Waals surface area contributed by atoms with Gasteiger partial charge in [-0.2, -0.15) is 5.26 Å². The van der Waals surface area contributed by atoms with Gasteiger partial charge in [0.25, 0.3) is 5.56 Å². The van der Waals surface area contributed by atoms with E-state index < -0.39 is 0 Å².